The summed E-state index contributed by atoms with van der Waals surface area (Å²) in [6.07, 6.45) is 16.4. The van der Waals surface area contributed by atoms with Crippen molar-refractivity contribution < 1.29 is 28.7 Å². The van der Waals surface area contributed by atoms with Gasteiger partial charge in [0.05, 0.1) is 19.1 Å². The van der Waals surface area contributed by atoms with E-state index in [0.717, 1.165) is 64.2 Å². The van der Waals surface area contributed by atoms with Crippen molar-refractivity contribution in [3.8, 4) is 0 Å². The van der Waals surface area contributed by atoms with E-state index < -0.39 is 0 Å². The molecule has 186 valence electrons. The van der Waals surface area contributed by atoms with Gasteiger partial charge in [0.15, 0.2) is 5.78 Å². The van der Waals surface area contributed by atoms with E-state index in [4.69, 9.17) is 9.47 Å². The van der Waals surface area contributed by atoms with Crippen molar-refractivity contribution in [2.45, 2.75) is 104 Å². The van der Waals surface area contributed by atoms with Gasteiger partial charge in [-0.25, -0.2) is 0 Å². The van der Waals surface area contributed by atoms with Crippen LogP contribution in [0.2, 0.25) is 0 Å². The first-order valence-corrected chi connectivity index (χ1v) is 12.7. The Labute approximate surface area is 199 Å². The zero-order valence-corrected chi connectivity index (χ0v) is 20.6. The van der Waals surface area contributed by atoms with Gasteiger partial charge in [0.2, 0.25) is 0 Å². The lowest BCUT2D eigenvalue weighted by atomic mass is 9.90. The first kappa shape index (κ1) is 28.8. The Kier molecular flexibility index (Phi) is 15.9. The second kappa shape index (κ2) is 18.2. The molecule has 6 heteroatoms. The highest BCUT2D eigenvalue weighted by Crippen LogP contribution is 2.25. The molecule has 0 amide bonds. The van der Waals surface area contributed by atoms with Crippen molar-refractivity contribution in [3.63, 3.8) is 0 Å². The fourth-order valence-electron chi connectivity index (χ4n) is 3.98. The maximum Gasteiger partial charge on any atom is 0.305 e. The Morgan fingerprint density at radius 3 is 1.64 bits per heavy atom. The lowest BCUT2D eigenvalue weighted by molar-refractivity contribution is -0.144. The average molecular weight is 463 g/mol. The van der Waals surface area contributed by atoms with Crippen LogP contribution in [0.15, 0.2) is 23.8 Å². The van der Waals surface area contributed by atoms with E-state index in [9.17, 15) is 19.2 Å². The van der Waals surface area contributed by atoms with Gasteiger partial charge < -0.3 is 9.47 Å². The molecule has 0 fully saturated rings. The Bertz CT molecular complexity index is 676. The maximum absolute atomic E-state index is 12.6. The topological polar surface area (TPSA) is 86.7 Å². The van der Waals surface area contributed by atoms with Crippen molar-refractivity contribution in [3.05, 3.63) is 23.8 Å². The summed E-state index contributed by atoms with van der Waals surface area (Å²) in [7, 11) is 0. The molecule has 0 saturated heterocycles. The van der Waals surface area contributed by atoms with E-state index in [-0.39, 0.29) is 29.4 Å². The zero-order chi connectivity index (χ0) is 24.3. The summed E-state index contributed by atoms with van der Waals surface area (Å²) < 4.78 is 9.82. The number of allylic oxidation sites excluding steroid dienone is 4. The normalized spacial score (nSPS) is 14.7. The Hall–Kier alpha value is -2.24. The van der Waals surface area contributed by atoms with Crippen LogP contribution in [0.3, 0.4) is 0 Å². The highest BCUT2D eigenvalue weighted by atomic mass is 16.5. The fourth-order valence-corrected chi connectivity index (χ4v) is 3.98. The molecular formula is C27H42O6. The number of ketones is 2. The lowest BCUT2D eigenvalue weighted by Crippen LogP contribution is -2.18. The number of carbonyl (C=O) groups excluding carboxylic acids is 4. The van der Waals surface area contributed by atoms with Gasteiger partial charge in [-0.3, -0.25) is 19.2 Å². The summed E-state index contributed by atoms with van der Waals surface area (Å²) in [5.41, 5.74) is 0.636. The van der Waals surface area contributed by atoms with Crippen LogP contribution in [-0.4, -0.2) is 36.7 Å². The molecule has 0 N–H and O–H groups in total. The quantitative estimate of drug-likeness (QED) is 0.167. The predicted octanol–water partition coefficient (Wildman–Crippen LogP) is 5.82. The maximum atomic E-state index is 12.6. The Balaban J connectivity index is 2.14. The summed E-state index contributed by atoms with van der Waals surface area (Å²) in [5.74, 6) is -0.472. The molecule has 0 aromatic carbocycles. The molecule has 0 saturated carbocycles. The van der Waals surface area contributed by atoms with Crippen LogP contribution in [0.5, 0.6) is 0 Å². The fraction of sp³-hybridized carbons (Fsp3) is 0.704. The van der Waals surface area contributed by atoms with Gasteiger partial charge in [-0.1, -0.05) is 56.8 Å². The highest BCUT2D eigenvalue weighted by molar-refractivity contribution is 6.04. The van der Waals surface area contributed by atoms with E-state index in [0.29, 0.717) is 44.5 Å². The van der Waals surface area contributed by atoms with Crippen molar-refractivity contribution >= 4 is 23.5 Å². The standard InChI is InChI=1S/C27H42O6/c1-3-32-26(30)20-13-9-5-7-11-18-24(28)22-16-15-17-23(22)25(29)19-12-8-6-10-14-21-27(31)33-4-2/h15-17,22H,3-14,18-21H2,1-2H3. The molecule has 0 bridgehead atoms. The summed E-state index contributed by atoms with van der Waals surface area (Å²) >= 11 is 0. The van der Waals surface area contributed by atoms with Gasteiger partial charge >= 0.3 is 11.9 Å². The SMILES string of the molecule is CCOC(=O)CCCCCCCC(=O)C1=CC=CC1C(=O)CCCCCCCC(=O)OCC. The summed E-state index contributed by atoms with van der Waals surface area (Å²) in [6, 6.07) is 0. The minimum atomic E-state index is -0.383. The van der Waals surface area contributed by atoms with E-state index in [1.807, 2.05) is 12.2 Å². The molecule has 1 atom stereocenters. The van der Waals surface area contributed by atoms with Crippen LogP contribution in [0, 0.1) is 5.92 Å². The lowest BCUT2D eigenvalue weighted by Gasteiger charge is -2.12. The third-order valence-electron chi connectivity index (χ3n) is 5.78. The monoisotopic (exact) mass is 462 g/mol. The molecule has 0 spiro atoms. The van der Waals surface area contributed by atoms with Gasteiger partial charge in [0.1, 0.15) is 5.78 Å². The number of ether oxygens (including phenoxy) is 2. The molecule has 0 radical (unpaired) electrons. The van der Waals surface area contributed by atoms with Crippen molar-refractivity contribution in [1.82, 2.24) is 0 Å². The van der Waals surface area contributed by atoms with Crippen LogP contribution in [0.4, 0.5) is 0 Å². The van der Waals surface area contributed by atoms with E-state index in [1.54, 1.807) is 19.9 Å². The second-order valence-electron chi connectivity index (χ2n) is 8.52. The molecule has 0 aliphatic heterocycles. The molecule has 33 heavy (non-hydrogen) atoms. The molecular weight excluding hydrogens is 420 g/mol. The number of rotatable bonds is 20. The largest absolute Gasteiger partial charge is 0.466 e. The molecule has 1 rings (SSSR count). The van der Waals surface area contributed by atoms with Crippen molar-refractivity contribution in [2.75, 3.05) is 13.2 Å². The second-order valence-corrected chi connectivity index (χ2v) is 8.52. The van der Waals surface area contributed by atoms with E-state index >= 15 is 0 Å². The Morgan fingerprint density at radius 1 is 0.667 bits per heavy atom. The molecule has 1 aliphatic carbocycles. The third kappa shape index (κ3) is 13.2. The minimum absolute atomic E-state index is 0.0730. The number of hydrogen-bond acceptors (Lipinski definition) is 6. The molecule has 6 nitrogen and oxygen atoms in total. The van der Waals surface area contributed by atoms with Crippen LogP contribution in [-0.2, 0) is 28.7 Å². The van der Waals surface area contributed by atoms with E-state index in [2.05, 4.69) is 0 Å². The first-order chi connectivity index (χ1) is 16.0. The number of hydrogen-bond donors (Lipinski definition) is 0. The molecule has 0 aromatic rings. The number of Topliss-reactive ketones (excluding diaryl/α,β-unsaturated/α-hetero) is 2. The first-order valence-electron chi connectivity index (χ1n) is 12.7. The minimum Gasteiger partial charge on any atom is -0.466 e. The molecule has 1 aliphatic rings. The van der Waals surface area contributed by atoms with Gasteiger partial charge in [0.25, 0.3) is 0 Å². The Morgan fingerprint density at radius 2 is 1.12 bits per heavy atom. The van der Waals surface area contributed by atoms with Crippen molar-refractivity contribution in [1.29, 1.82) is 0 Å². The summed E-state index contributed by atoms with van der Waals surface area (Å²) in [6.45, 7) is 4.46. The van der Waals surface area contributed by atoms with Crippen LogP contribution in [0.25, 0.3) is 0 Å². The van der Waals surface area contributed by atoms with Gasteiger partial charge in [-0.05, 0) is 39.5 Å². The van der Waals surface area contributed by atoms with Gasteiger partial charge in [-0.2, -0.15) is 0 Å². The molecule has 0 aromatic heterocycles. The highest BCUT2D eigenvalue weighted by Gasteiger charge is 2.26. The van der Waals surface area contributed by atoms with E-state index in [1.165, 1.54) is 0 Å². The van der Waals surface area contributed by atoms with Gasteiger partial charge in [0, 0.05) is 31.3 Å². The number of unbranched alkanes of at least 4 members (excludes halogenated alkanes) is 8. The average Bonchev–Trinajstić information content (AvgIpc) is 3.28. The van der Waals surface area contributed by atoms with Gasteiger partial charge in [-0.15, -0.1) is 0 Å². The smallest absolute Gasteiger partial charge is 0.305 e. The molecule has 0 heterocycles. The van der Waals surface area contributed by atoms with Crippen LogP contribution < -0.4 is 0 Å². The zero-order valence-electron chi connectivity index (χ0n) is 20.6. The summed E-state index contributed by atoms with van der Waals surface area (Å²) in [5, 5.41) is 0. The summed E-state index contributed by atoms with van der Waals surface area (Å²) in [4.78, 5) is 47.8. The van der Waals surface area contributed by atoms with Crippen LogP contribution >= 0.6 is 0 Å². The third-order valence-corrected chi connectivity index (χ3v) is 5.78. The van der Waals surface area contributed by atoms with Crippen molar-refractivity contribution in [2.24, 2.45) is 5.92 Å². The van der Waals surface area contributed by atoms with Crippen LogP contribution in [0.1, 0.15) is 104 Å². The molecule has 1 unspecified atom stereocenters. The number of esters is 2. The number of carbonyl (C=O) groups is 4. The predicted molar refractivity (Wildman–Crippen MR) is 129 cm³/mol.